The fraction of sp³-hybridized carbons (Fsp3) is 0.143. The lowest BCUT2D eigenvalue weighted by atomic mass is 10.1. The van der Waals surface area contributed by atoms with Crippen molar-refractivity contribution in [3.05, 3.63) is 95.7 Å². The van der Waals surface area contributed by atoms with Crippen LogP contribution < -0.4 is 20.2 Å². The Kier molecular flexibility index (Phi) is 7.95. The molecule has 0 unspecified atom stereocenters. The molecule has 0 fully saturated rings. The first-order valence-electron chi connectivity index (χ1n) is 11.5. The van der Waals surface area contributed by atoms with Crippen molar-refractivity contribution in [1.29, 1.82) is 0 Å². The smallest absolute Gasteiger partial charge is 0.259 e. The normalized spacial score (nSPS) is 10.8. The zero-order valence-electron chi connectivity index (χ0n) is 20.8. The van der Waals surface area contributed by atoms with Crippen LogP contribution in [-0.2, 0) is 4.79 Å². The van der Waals surface area contributed by atoms with E-state index >= 15 is 0 Å². The third-order valence-corrected chi connectivity index (χ3v) is 5.54. The number of hydrazone groups is 1. The molecule has 188 valence electrons. The van der Waals surface area contributed by atoms with E-state index in [1.807, 2.05) is 67.7 Å². The van der Waals surface area contributed by atoms with Crippen LogP contribution in [0.5, 0.6) is 11.5 Å². The van der Waals surface area contributed by atoms with E-state index in [2.05, 4.69) is 15.8 Å². The van der Waals surface area contributed by atoms with Crippen molar-refractivity contribution in [2.24, 2.45) is 5.10 Å². The topological polar surface area (TPSA) is 107 Å². The molecule has 4 rings (SSSR count). The maximum Gasteiger partial charge on any atom is 0.259 e. The van der Waals surface area contributed by atoms with Crippen molar-refractivity contribution in [3.8, 4) is 28.4 Å². The monoisotopic (exact) mass is 497 g/mol. The molecule has 2 amide bonds. The number of nitrogens with zero attached hydrogens (tertiary/aromatic N) is 3. The molecule has 0 radical (unpaired) electrons. The average Bonchev–Trinajstić information content (AvgIpc) is 3.36. The SMILES string of the molecule is COc1ccc(C(=O)NCC(=O)N/N=C/c2cn(-c3ccccc3)nc2-c2ccc(C)cc2)cc1OC. The van der Waals surface area contributed by atoms with Crippen LogP contribution in [0.25, 0.3) is 16.9 Å². The highest BCUT2D eigenvalue weighted by molar-refractivity contribution is 5.97. The minimum atomic E-state index is -0.475. The molecule has 0 atom stereocenters. The minimum Gasteiger partial charge on any atom is -0.493 e. The van der Waals surface area contributed by atoms with Crippen LogP contribution in [0.1, 0.15) is 21.5 Å². The molecule has 0 aliphatic rings. The Morgan fingerprint density at radius 3 is 2.41 bits per heavy atom. The summed E-state index contributed by atoms with van der Waals surface area (Å²) in [5, 5.41) is 11.4. The zero-order chi connectivity index (χ0) is 26.2. The molecule has 3 aromatic carbocycles. The standard InChI is InChI=1S/C28H27N5O4/c1-19-9-11-20(12-10-19)27-22(18-33(32-27)23-7-5-4-6-8-23)16-30-31-26(34)17-29-28(35)21-13-14-24(36-2)25(15-21)37-3/h4-16,18H,17H2,1-3H3,(H,29,35)(H,31,34)/b30-16+. The Morgan fingerprint density at radius 1 is 0.973 bits per heavy atom. The Morgan fingerprint density at radius 2 is 1.70 bits per heavy atom. The third kappa shape index (κ3) is 6.21. The largest absolute Gasteiger partial charge is 0.493 e. The molecular formula is C28H27N5O4. The molecule has 0 spiro atoms. The summed E-state index contributed by atoms with van der Waals surface area (Å²) in [6.45, 7) is 1.77. The van der Waals surface area contributed by atoms with E-state index in [0.29, 0.717) is 17.1 Å². The summed E-state index contributed by atoms with van der Waals surface area (Å²) in [7, 11) is 3.00. The van der Waals surface area contributed by atoms with Crippen LogP contribution in [-0.4, -0.2) is 48.6 Å². The number of aromatic nitrogens is 2. The first-order valence-corrected chi connectivity index (χ1v) is 11.5. The predicted octanol–water partition coefficient (Wildman–Crippen LogP) is 3.75. The van der Waals surface area contributed by atoms with E-state index in [4.69, 9.17) is 14.6 Å². The van der Waals surface area contributed by atoms with Crippen LogP contribution in [0.4, 0.5) is 0 Å². The van der Waals surface area contributed by atoms with Gasteiger partial charge in [0.1, 0.15) is 5.69 Å². The van der Waals surface area contributed by atoms with Crippen LogP contribution in [0.3, 0.4) is 0 Å². The fourth-order valence-electron chi connectivity index (χ4n) is 3.58. The van der Waals surface area contributed by atoms with E-state index in [1.54, 1.807) is 22.9 Å². The number of methoxy groups -OCH3 is 2. The Balaban J connectivity index is 1.43. The molecule has 0 saturated carbocycles. The highest BCUT2D eigenvalue weighted by Crippen LogP contribution is 2.27. The van der Waals surface area contributed by atoms with Gasteiger partial charge in [0.05, 0.1) is 32.7 Å². The lowest BCUT2D eigenvalue weighted by molar-refractivity contribution is -0.120. The molecular weight excluding hydrogens is 470 g/mol. The van der Waals surface area contributed by atoms with Crippen molar-refractivity contribution in [1.82, 2.24) is 20.5 Å². The van der Waals surface area contributed by atoms with Gasteiger partial charge in [0.25, 0.3) is 11.8 Å². The number of para-hydroxylation sites is 1. The van der Waals surface area contributed by atoms with Gasteiger partial charge in [-0.15, -0.1) is 0 Å². The number of rotatable bonds is 9. The van der Waals surface area contributed by atoms with Crippen LogP contribution in [0.15, 0.2) is 84.1 Å². The predicted molar refractivity (Wildman–Crippen MR) is 141 cm³/mol. The first kappa shape index (κ1) is 25.2. The third-order valence-electron chi connectivity index (χ3n) is 5.54. The molecule has 0 aliphatic heterocycles. The highest BCUT2D eigenvalue weighted by atomic mass is 16.5. The first-order chi connectivity index (χ1) is 18.0. The van der Waals surface area contributed by atoms with Gasteiger partial charge in [-0.25, -0.2) is 10.1 Å². The quantitative estimate of drug-likeness (QED) is 0.271. The van der Waals surface area contributed by atoms with Crippen molar-refractivity contribution >= 4 is 18.0 Å². The van der Waals surface area contributed by atoms with Gasteiger partial charge in [0.2, 0.25) is 0 Å². The maximum absolute atomic E-state index is 12.4. The summed E-state index contributed by atoms with van der Waals surface area (Å²) in [6, 6.07) is 22.5. The van der Waals surface area contributed by atoms with E-state index < -0.39 is 11.8 Å². The van der Waals surface area contributed by atoms with E-state index in [1.165, 1.54) is 20.4 Å². The minimum absolute atomic E-state index is 0.251. The van der Waals surface area contributed by atoms with Gasteiger partial charge in [-0.2, -0.15) is 10.2 Å². The lowest BCUT2D eigenvalue weighted by Gasteiger charge is -2.09. The number of nitrogens with one attached hydrogen (secondary N) is 2. The fourth-order valence-corrected chi connectivity index (χ4v) is 3.58. The molecule has 2 N–H and O–H groups in total. The van der Waals surface area contributed by atoms with Gasteiger partial charge in [-0.1, -0.05) is 48.0 Å². The number of ether oxygens (including phenoxy) is 2. The van der Waals surface area contributed by atoms with Crippen molar-refractivity contribution in [2.45, 2.75) is 6.92 Å². The van der Waals surface area contributed by atoms with Crippen LogP contribution in [0, 0.1) is 6.92 Å². The number of benzene rings is 3. The Bertz CT molecular complexity index is 1410. The maximum atomic E-state index is 12.4. The van der Waals surface area contributed by atoms with Crippen molar-refractivity contribution < 1.29 is 19.1 Å². The second kappa shape index (κ2) is 11.7. The molecule has 4 aromatic rings. The molecule has 37 heavy (non-hydrogen) atoms. The van der Waals surface area contributed by atoms with E-state index in [9.17, 15) is 9.59 Å². The van der Waals surface area contributed by atoms with Crippen molar-refractivity contribution in [2.75, 3.05) is 20.8 Å². The number of aryl methyl sites for hydroxylation is 1. The number of amides is 2. The number of carbonyl (C=O) groups is 2. The van der Waals surface area contributed by atoms with Gasteiger partial charge < -0.3 is 14.8 Å². The van der Waals surface area contributed by atoms with Crippen molar-refractivity contribution in [3.63, 3.8) is 0 Å². The average molecular weight is 498 g/mol. The molecule has 0 bridgehead atoms. The summed E-state index contributed by atoms with van der Waals surface area (Å²) in [5.41, 5.74) is 7.21. The number of hydrogen-bond acceptors (Lipinski definition) is 6. The number of hydrogen-bond donors (Lipinski definition) is 2. The van der Waals surface area contributed by atoms with Gasteiger partial charge in [0, 0.05) is 22.9 Å². The Hall–Kier alpha value is -4.92. The molecule has 9 nitrogen and oxygen atoms in total. The van der Waals surface area contributed by atoms with Gasteiger partial charge in [-0.05, 0) is 37.3 Å². The molecule has 1 heterocycles. The lowest BCUT2D eigenvalue weighted by Crippen LogP contribution is -2.34. The van der Waals surface area contributed by atoms with Crippen LogP contribution >= 0.6 is 0 Å². The molecule has 1 aromatic heterocycles. The van der Waals surface area contributed by atoms with Gasteiger partial charge >= 0.3 is 0 Å². The summed E-state index contributed by atoms with van der Waals surface area (Å²) in [5.74, 6) is 0.0275. The van der Waals surface area contributed by atoms with Gasteiger partial charge in [0.15, 0.2) is 11.5 Å². The van der Waals surface area contributed by atoms with E-state index in [0.717, 1.165) is 28.1 Å². The van der Waals surface area contributed by atoms with E-state index in [-0.39, 0.29) is 6.54 Å². The highest BCUT2D eigenvalue weighted by Gasteiger charge is 2.13. The second-order valence-corrected chi connectivity index (χ2v) is 8.12. The van der Waals surface area contributed by atoms with Gasteiger partial charge in [-0.3, -0.25) is 9.59 Å². The second-order valence-electron chi connectivity index (χ2n) is 8.12. The Labute approximate surface area is 214 Å². The molecule has 0 aliphatic carbocycles. The van der Waals surface area contributed by atoms with Crippen LogP contribution in [0.2, 0.25) is 0 Å². The molecule has 9 heteroatoms. The summed E-state index contributed by atoms with van der Waals surface area (Å²) < 4.78 is 12.2. The summed E-state index contributed by atoms with van der Waals surface area (Å²) in [4.78, 5) is 24.7. The summed E-state index contributed by atoms with van der Waals surface area (Å²) >= 11 is 0. The summed E-state index contributed by atoms with van der Waals surface area (Å²) in [6.07, 6.45) is 3.38. The molecule has 0 saturated heterocycles. The zero-order valence-corrected chi connectivity index (χ0v) is 20.8. The number of carbonyl (C=O) groups excluding carboxylic acids is 2.